The minimum Gasteiger partial charge on any atom is -0.447 e. The lowest BCUT2D eigenvalue weighted by atomic mass is 9.81. The van der Waals surface area contributed by atoms with Gasteiger partial charge in [0.25, 0.3) is 0 Å². The van der Waals surface area contributed by atoms with Crippen LogP contribution in [0.3, 0.4) is 0 Å². The Morgan fingerprint density at radius 3 is 0.987 bits per heavy atom. The van der Waals surface area contributed by atoms with E-state index >= 15 is 0 Å². The predicted molar refractivity (Wildman–Crippen MR) is 291 cm³/mol. The van der Waals surface area contributed by atoms with Gasteiger partial charge in [-0.05, 0) is 106 Å². The van der Waals surface area contributed by atoms with Gasteiger partial charge in [0.15, 0.2) is 0 Å². The summed E-state index contributed by atoms with van der Waals surface area (Å²) in [6.45, 7) is 20.9. The molecule has 0 radical (unpaired) electrons. The summed E-state index contributed by atoms with van der Waals surface area (Å²) in [5.74, 6) is -0.288. The average Bonchev–Trinajstić information content (AvgIpc) is 3.35. The molecule has 4 N–H and O–H groups in total. The zero-order valence-corrected chi connectivity index (χ0v) is 48.9. The molecule has 0 atom stereocenters. The minimum atomic E-state index is -1.18. The van der Waals surface area contributed by atoms with Crippen molar-refractivity contribution in [2.24, 2.45) is 5.11 Å². The molecule has 0 spiro atoms. The van der Waals surface area contributed by atoms with Crippen molar-refractivity contribution < 1.29 is 90.4 Å². The molecule has 0 bridgehead atoms. The van der Waals surface area contributed by atoms with Crippen LogP contribution in [-0.4, -0.2) is 203 Å². The molecule has 458 valence electrons. The van der Waals surface area contributed by atoms with E-state index in [1.54, 1.807) is 62.3 Å². The normalized spacial score (nSPS) is 11.8. The average molecular weight is 1140 g/mol. The molecule has 26 heteroatoms. The summed E-state index contributed by atoms with van der Waals surface area (Å²) in [5.41, 5.74) is 5.41. The Morgan fingerprint density at radius 1 is 0.380 bits per heavy atom. The number of ether oxygens (including phenoxy) is 12. The van der Waals surface area contributed by atoms with Gasteiger partial charge in [-0.25, -0.2) is 19.2 Å². The van der Waals surface area contributed by atoms with Gasteiger partial charge in [0.05, 0.1) is 85.9 Å². The lowest BCUT2D eigenvalue weighted by Gasteiger charge is -2.34. The van der Waals surface area contributed by atoms with E-state index < -0.39 is 46.7 Å². The number of alkyl carbamates (subject to hydrolysis) is 4. The van der Waals surface area contributed by atoms with Crippen LogP contribution in [0.5, 0.6) is 0 Å². The number of nitrogens with one attached hydrogen (secondary N) is 4. The molecule has 0 saturated heterocycles. The van der Waals surface area contributed by atoms with Crippen LogP contribution in [-0.2, 0) is 71.2 Å². The van der Waals surface area contributed by atoms with E-state index in [-0.39, 0.29) is 194 Å². The van der Waals surface area contributed by atoms with Gasteiger partial charge >= 0.3 is 24.4 Å². The Kier molecular flexibility index (Phi) is 42.9. The van der Waals surface area contributed by atoms with Gasteiger partial charge in [-0.3, -0.25) is 14.4 Å². The second kappa shape index (κ2) is 45.8. The van der Waals surface area contributed by atoms with Crippen molar-refractivity contribution in [2.75, 3.05) is 138 Å². The summed E-state index contributed by atoms with van der Waals surface area (Å²) >= 11 is 0. The summed E-state index contributed by atoms with van der Waals surface area (Å²) in [4.78, 5) is 91.6. The molecule has 0 aromatic heterocycles. The molecule has 0 aromatic rings. The van der Waals surface area contributed by atoms with Gasteiger partial charge in [0.2, 0.25) is 0 Å². The number of amides is 4. The van der Waals surface area contributed by atoms with E-state index in [1.807, 2.05) is 0 Å². The fourth-order valence-corrected chi connectivity index (χ4v) is 6.69. The summed E-state index contributed by atoms with van der Waals surface area (Å²) in [5, 5.41) is 14.2. The largest absolute Gasteiger partial charge is 0.447 e. The molecule has 26 nitrogen and oxygen atoms in total. The number of azide groups is 1. The number of carbonyl (C=O) groups is 7. The van der Waals surface area contributed by atoms with Gasteiger partial charge in [0, 0.05) is 95.0 Å². The third-order valence-electron chi connectivity index (χ3n) is 10.3. The molecule has 0 saturated carbocycles. The van der Waals surface area contributed by atoms with Crippen molar-refractivity contribution in [3.8, 4) is 0 Å². The fourth-order valence-electron chi connectivity index (χ4n) is 6.69. The molecule has 0 aromatic carbocycles. The predicted octanol–water partition coefficient (Wildman–Crippen LogP) is 6.86. The Bertz CT molecular complexity index is 1580. The first-order chi connectivity index (χ1) is 37.4. The maximum Gasteiger partial charge on any atom is 0.407 e. The quantitative estimate of drug-likeness (QED) is 0.0159. The Balaban J connectivity index is 5.55. The van der Waals surface area contributed by atoms with Crippen LogP contribution in [0.2, 0.25) is 0 Å². The first-order valence-corrected chi connectivity index (χ1v) is 27.5. The molecule has 0 aliphatic heterocycles. The van der Waals surface area contributed by atoms with Gasteiger partial charge in [-0.1, -0.05) is 5.11 Å². The smallest absolute Gasteiger partial charge is 0.407 e. The molecular weight excluding hydrogens is 1040 g/mol. The minimum absolute atomic E-state index is 0.0408. The third kappa shape index (κ3) is 52.2. The summed E-state index contributed by atoms with van der Waals surface area (Å²) in [6.07, 6.45) is -0.0410. The molecule has 0 aliphatic rings. The molecule has 0 rings (SSSR count). The molecule has 4 amide bonds. The van der Waals surface area contributed by atoms with Crippen LogP contribution < -0.4 is 21.3 Å². The van der Waals surface area contributed by atoms with Crippen LogP contribution >= 0.6 is 0 Å². The van der Waals surface area contributed by atoms with Crippen molar-refractivity contribution >= 4 is 41.7 Å². The Hall–Kier alpha value is -4.92. The van der Waals surface area contributed by atoms with E-state index in [2.05, 4.69) is 31.3 Å². The highest BCUT2D eigenvalue weighted by Gasteiger charge is 2.34. The molecule has 0 fully saturated rings. The highest BCUT2D eigenvalue weighted by Crippen LogP contribution is 2.28. The SMILES string of the molecule is CC(C)(C)OC(=O)NCCOCCOCCCC(=O)CCC(CCC(=O)CCCOCCOCCNC(=O)OC(C)(C)C)(CCC(=O)CCCOCCOCCNC(=O)OC(C)(C)C)NC(=O)OCCOCCOCCN=[N+]=[N-]. The lowest BCUT2D eigenvalue weighted by Crippen LogP contribution is -2.50. The molecule has 0 heterocycles. The number of rotatable bonds is 49. The highest BCUT2D eigenvalue weighted by molar-refractivity contribution is 5.80. The standard InChI is InChI=1S/C53H97N7O19/c1-50(2,3)77-46(64)55-22-29-71-36-33-68-26-10-13-43(61)16-19-53(59-49(67)76-42-41-75-40-39-74-32-25-58-60-54,20-17-44(62)14-11-27-69-34-37-72-30-23-56-47(65)78-51(4,5)6)21-18-45(63)15-12-28-70-35-38-73-31-24-57-48(66)79-52(7,8)9/h10-42H2,1-9H3,(H,55,64)(H,56,65)(H,57,66)(H,59,67). The van der Waals surface area contributed by atoms with E-state index in [9.17, 15) is 33.6 Å². The van der Waals surface area contributed by atoms with Crippen molar-refractivity contribution in [1.82, 2.24) is 21.3 Å². The van der Waals surface area contributed by atoms with E-state index in [1.165, 1.54) is 0 Å². The third-order valence-corrected chi connectivity index (χ3v) is 10.3. The zero-order chi connectivity index (χ0) is 59.1. The molecule has 79 heavy (non-hydrogen) atoms. The maximum absolute atomic E-state index is 13.5. The van der Waals surface area contributed by atoms with E-state index in [0.29, 0.717) is 39.1 Å². The maximum atomic E-state index is 13.5. The summed E-state index contributed by atoms with van der Waals surface area (Å²) < 4.78 is 65.3. The van der Waals surface area contributed by atoms with Gasteiger partial charge in [0.1, 0.15) is 40.8 Å². The van der Waals surface area contributed by atoms with Crippen LogP contribution in [0.4, 0.5) is 19.2 Å². The van der Waals surface area contributed by atoms with Crippen LogP contribution in [0.25, 0.3) is 10.4 Å². The number of carbonyl (C=O) groups excluding carboxylic acids is 7. The van der Waals surface area contributed by atoms with Gasteiger partial charge < -0.3 is 78.1 Å². The highest BCUT2D eigenvalue weighted by atomic mass is 16.6. The first-order valence-electron chi connectivity index (χ1n) is 27.5. The van der Waals surface area contributed by atoms with Gasteiger partial charge in [-0.15, -0.1) is 0 Å². The Labute approximate surface area is 468 Å². The second-order valence-corrected chi connectivity index (χ2v) is 21.1. The number of ketones is 3. The molecule has 0 aliphatic carbocycles. The molecular formula is C53H97N7O19. The Morgan fingerprint density at radius 2 is 0.671 bits per heavy atom. The summed E-state index contributed by atoms with van der Waals surface area (Å²) in [7, 11) is 0. The van der Waals surface area contributed by atoms with E-state index in [4.69, 9.17) is 62.4 Å². The van der Waals surface area contributed by atoms with E-state index in [0.717, 1.165) is 0 Å². The number of hydrogen-bond donors (Lipinski definition) is 4. The number of nitrogens with zero attached hydrogens (tertiary/aromatic N) is 3. The number of hydrogen-bond acceptors (Lipinski definition) is 20. The van der Waals surface area contributed by atoms with Crippen LogP contribution in [0.1, 0.15) is 139 Å². The lowest BCUT2D eigenvalue weighted by molar-refractivity contribution is -0.120. The molecule has 0 unspecified atom stereocenters. The topological polar surface area (TPSA) is 327 Å². The zero-order valence-electron chi connectivity index (χ0n) is 48.9. The van der Waals surface area contributed by atoms with Gasteiger partial charge in [-0.2, -0.15) is 0 Å². The number of Topliss-reactive ketones (excluding diaryl/α,β-unsaturated/α-hetero) is 3. The monoisotopic (exact) mass is 1140 g/mol. The fraction of sp³-hybridized carbons (Fsp3) is 0.868. The second-order valence-electron chi connectivity index (χ2n) is 21.1. The first kappa shape index (κ1) is 74.1. The van der Waals surface area contributed by atoms with Crippen LogP contribution in [0, 0.1) is 0 Å². The van der Waals surface area contributed by atoms with Crippen LogP contribution in [0.15, 0.2) is 5.11 Å². The van der Waals surface area contributed by atoms with Crippen molar-refractivity contribution in [1.29, 1.82) is 0 Å². The summed E-state index contributed by atoms with van der Waals surface area (Å²) in [6, 6.07) is 0. The van der Waals surface area contributed by atoms with Crippen molar-refractivity contribution in [3.63, 3.8) is 0 Å². The van der Waals surface area contributed by atoms with Crippen molar-refractivity contribution in [3.05, 3.63) is 10.4 Å². The van der Waals surface area contributed by atoms with Crippen molar-refractivity contribution in [2.45, 2.75) is 162 Å².